The molecule has 1 aliphatic heterocycles. The van der Waals surface area contributed by atoms with E-state index in [0.717, 1.165) is 22.0 Å². The third-order valence-electron chi connectivity index (χ3n) is 6.58. The van der Waals surface area contributed by atoms with Crippen LogP contribution in [0.15, 0.2) is 72.9 Å². The lowest BCUT2D eigenvalue weighted by Crippen LogP contribution is -2.47. The highest BCUT2D eigenvalue weighted by Crippen LogP contribution is 2.45. The van der Waals surface area contributed by atoms with E-state index in [1.807, 2.05) is 67.7 Å². The highest BCUT2D eigenvalue weighted by Gasteiger charge is 2.44. The topological polar surface area (TPSA) is 74.4 Å². The van der Waals surface area contributed by atoms with Crippen LogP contribution >= 0.6 is 11.6 Å². The molecule has 3 aromatic carbocycles. The average molecular weight is 488 g/mol. The molecule has 6 nitrogen and oxygen atoms in total. The molecule has 5 rings (SSSR count). The largest absolute Gasteiger partial charge is 0.383 e. The molecule has 2 amide bonds. The van der Waals surface area contributed by atoms with Gasteiger partial charge in [0, 0.05) is 41.9 Å². The zero-order chi connectivity index (χ0) is 24.5. The molecular formula is C28H26ClN3O3. The van der Waals surface area contributed by atoms with Gasteiger partial charge < -0.3 is 19.9 Å². The van der Waals surface area contributed by atoms with E-state index in [-0.39, 0.29) is 11.8 Å². The first-order valence-corrected chi connectivity index (χ1v) is 11.9. The number of H-pyrrole nitrogens is 1. The number of aromatic amines is 1. The SMILES string of the molecule is COCCN1C(=O)c2ccccc2C(C(=O)Nc2ccc(C)cc2Cl)C1c1c[nH]c2ccccc12. The van der Waals surface area contributed by atoms with E-state index in [9.17, 15) is 9.59 Å². The summed E-state index contributed by atoms with van der Waals surface area (Å²) in [5, 5.41) is 4.47. The normalized spacial score (nSPS) is 17.5. The Morgan fingerprint density at radius 1 is 1.09 bits per heavy atom. The molecular weight excluding hydrogens is 462 g/mol. The van der Waals surface area contributed by atoms with Gasteiger partial charge in [-0.15, -0.1) is 0 Å². The number of nitrogens with one attached hydrogen (secondary N) is 2. The van der Waals surface area contributed by atoms with E-state index >= 15 is 0 Å². The van der Waals surface area contributed by atoms with Crippen molar-refractivity contribution in [2.24, 2.45) is 0 Å². The Labute approximate surface area is 208 Å². The summed E-state index contributed by atoms with van der Waals surface area (Å²) in [6.07, 6.45) is 1.90. The van der Waals surface area contributed by atoms with Gasteiger partial charge in [0.05, 0.1) is 29.3 Å². The van der Waals surface area contributed by atoms with Crippen molar-refractivity contribution >= 4 is 40.0 Å². The fraction of sp³-hybridized carbons (Fsp3) is 0.214. The van der Waals surface area contributed by atoms with Crippen LogP contribution in [0.2, 0.25) is 5.02 Å². The number of halogens is 1. The summed E-state index contributed by atoms with van der Waals surface area (Å²) in [5.74, 6) is -1.00. The predicted molar refractivity (Wildman–Crippen MR) is 138 cm³/mol. The minimum Gasteiger partial charge on any atom is -0.383 e. The number of carbonyl (C=O) groups is 2. The number of amides is 2. The van der Waals surface area contributed by atoms with Crippen LogP contribution < -0.4 is 5.32 Å². The maximum absolute atomic E-state index is 14.0. The van der Waals surface area contributed by atoms with Gasteiger partial charge >= 0.3 is 0 Å². The number of hydrogen-bond donors (Lipinski definition) is 2. The van der Waals surface area contributed by atoms with Crippen molar-refractivity contribution in [3.63, 3.8) is 0 Å². The van der Waals surface area contributed by atoms with Crippen LogP contribution in [-0.4, -0.2) is 42.0 Å². The minimum absolute atomic E-state index is 0.120. The molecule has 2 N–H and O–H groups in total. The van der Waals surface area contributed by atoms with Gasteiger partial charge in [-0.1, -0.05) is 54.1 Å². The molecule has 0 saturated heterocycles. The lowest BCUT2D eigenvalue weighted by Gasteiger charge is -2.41. The first kappa shape index (κ1) is 23.1. The zero-order valence-corrected chi connectivity index (χ0v) is 20.3. The van der Waals surface area contributed by atoms with Crippen molar-refractivity contribution in [3.05, 3.63) is 100 Å². The second-order valence-electron chi connectivity index (χ2n) is 8.76. The Bertz CT molecular complexity index is 1410. The molecule has 4 aromatic rings. The number of benzene rings is 3. The van der Waals surface area contributed by atoms with Crippen molar-refractivity contribution < 1.29 is 14.3 Å². The van der Waals surface area contributed by atoms with E-state index in [2.05, 4.69) is 10.3 Å². The minimum atomic E-state index is -0.655. The van der Waals surface area contributed by atoms with Gasteiger partial charge in [-0.3, -0.25) is 9.59 Å². The van der Waals surface area contributed by atoms with Gasteiger partial charge in [-0.25, -0.2) is 0 Å². The van der Waals surface area contributed by atoms with E-state index in [1.54, 1.807) is 24.1 Å². The Kier molecular flexibility index (Phi) is 6.32. The maximum Gasteiger partial charge on any atom is 0.254 e. The predicted octanol–water partition coefficient (Wildman–Crippen LogP) is 5.70. The molecule has 0 bridgehead atoms. The van der Waals surface area contributed by atoms with Crippen LogP contribution in [0.3, 0.4) is 0 Å². The van der Waals surface area contributed by atoms with Crippen LogP contribution in [0, 0.1) is 6.92 Å². The second kappa shape index (κ2) is 9.56. The quantitative estimate of drug-likeness (QED) is 0.366. The number of aryl methyl sites for hydroxylation is 1. The van der Waals surface area contributed by atoms with Gasteiger partial charge in [0.1, 0.15) is 0 Å². The lowest BCUT2D eigenvalue weighted by molar-refractivity contribution is -0.119. The van der Waals surface area contributed by atoms with Crippen LogP contribution in [0.4, 0.5) is 5.69 Å². The van der Waals surface area contributed by atoms with Crippen LogP contribution in [0.25, 0.3) is 10.9 Å². The number of rotatable bonds is 6. The number of anilines is 1. The van der Waals surface area contributed by atoms with Gasteiger partial charge in [0.25, 0.3) is 5.91 Å². The van der Waals surface area contributed by atoms with E-state index in [4.69, 9.17) is 16.3 Å². The highest BCUT2D eigenvalue weighted by molar-refractivity contribution is 6.33. The summed E-state index contributed by atoms with van der Waals surface area (Å²) in [4.78, 5) is 32.7. The Hall–Kier alpha value is -3.61. The summed E-state index contributed by atoms with van der Waals surface area (Å²) < 4.78 is 5.33. The number of ether oxygens (including phenoxy) is 1. The Morgan fingerprint density at radius 3 is 2.66 bits per heavy atom. The molecule has 0 saturated carbocycles. The van der Waals surface area contributed by atoms with Crippen LogP contribution in [0.5, 0.6) is 0 Å². The Morgan fingerprint density at radius 2 is 1.86 bits per heavy atom. The number of hydrogen-bond acceptors (Lipinski definition) is 3. The monoisotopic (exact) mass is 487 g/mol. The fourth-order valence-corrected chi connectivity index (χ4v) is 5.21. The second-order valence-corrected chi connectivity index (χ2v) is 9.17. The highest BCUT2D eigenvalue weighted by atomic mass is 35.5. The molecule has 2 atom stereocenters. The first-order chi connectivity index (χ1) is 17.0. The van der Waals surface area contributed by atoms with Crippen molar-refractivity contribution in [2.45, 2.75) is 18.9 Å². The van der Waals surface area contributed by atoms with Gasteiger partial charge in [-0.2, -0.15) is 0 Å². The number of para-hydroxylation sites is 1. The third kappa shape index (κ3) is 4.20. The first-order valence-electron chi connectivity index (χ1n) is 11.5. The van der Waals surface area contributed by atoms with Crippen molar-refractivity contribution in [2.75, 3.05) is 25.6 Å². The molecule has 0 fully saturated rings. The van der Waals surface area contributed by atoms with Gasteiger partial charge in [0.2, 0.25) is 5.91 Å². The summed E-state index contributed by atoms with van der Waals surface area (Å²) in [5.41, 5.74) is 4.59. The number of aromatic nitrogens is 1. The molecule has 1 aliphatic rings. The van der Waals surface area contributed by atoms with Crippen molar-refractivity contribution in [3.8, 4) is 0 Å². The number of fused-ring (bicyclic) bond motifs is 2. The zero-order valence-electron chi connectivity index (χ0n) is 19.5. The molecule has 0 spiro atoms. The van der Waals surface area contributed by atoms with E-state index in [0.29, 0.717) is 35.0 Å². The Balaban J connectivity index is 1.67. The van der Waals surface area contributed by atoms with E-state index < -0.39 is 12.0 Å². The third-order valence-corrected chi connectivity index (χ3v) is 6.89. The lowest BCUT2D eigenvalue weighted by atomic mass is 9.79. The molecule has 35 heavy (non-hydrogen) atoms. The van der Waals surface area contributed by atoms with Gasteiger partial charge in [0.15, 0.2) is 0 Å². The number of methoxy groups -OCH3 is 1. The average Bonchev–Trinajstić information content (AvgIpc) is 3.29. The molecule has 0 radical (unpaired) electrons. The maximum atomic E-state index is 14.0. The van der Waals surface area contributed by atoms with Gasteiger partial charge in [-0.05, 0) is 42.3 Å². The van der Waals surface area contributed by atoms with E-state index in [1.165, 1.54) is 0 Å². The molecule has 7 heteroatoms. The summed E-state index contributed by atoms with van der Waals surface area (Å²) in [7, 11) is 1.60. The summed E-state index contributed by atoms with van der Waals surface area (Å²) in [6.45, 7) is 2.65. The van der Waals surface area contributed by atoms with Crippen molar-refractivity contribution in [1.29, 1.82) is 0 Å². The number of nitrogens with zero attached hydrogens (tertiary/aromatic N) is 1. The fourth-order valence-electron chi connectivity index (χ4n) is 4.93. The van der Waals surface area contributed by atoms with Crippen LogP contribution in [0.1, 0.15) is 39.0 Å². The standard InChI is InChI=1S/C28H26ClN3O3/c1-17-11-12-24(22(29)15-17)31-27(33)25-19-8-3-4-9-20(19)28(34)32(13-14-35-2)26(25)21-16-30-23-10-6-5-7-18(21)23/h3-12,15-16,25-26,30H,13-14H2,1-2H3,(H,31,33). The summed E-state index contributed by atoms with van der Waals surface area (Å²) >= 11 is 6.45. The molecule has 2 heterocycles. The smallest absolute Gasteiger partial charge is 0.254 e. The van der Waals surface area contributed by atoms with Crippen LogP contribution in [-0.2, 0) is 9.53 Å². The molecule has 178 valence electrons. The van der Waals surface area contributed by atoms with Crippen molar-refractivity contribution in [1.82, 2.24) is 9.88 Å². The molecule has 2 unspecified atom stereocenters. The number of carbonyl (C=O) groups excluding carboxylic acids is 2. The summed E-state index contributed by atoms with van der Waals surface area (Å²) in [6, 6.07) is 20.2. The molecule has 1 aromatic heterocycles. The molecule has 0 aliphatic carbocycles.